The summed E-state index contributed by atoms with van der Waals surface area (Å²) in [7, 11) is -3.77. The summed E-state index contributed by atoms with van der Waals surface area (Å²) < 4.78 is 32.2. The minimum absolute atomic E-state index is 0.0528. The number of carbonyl (C=O) groups excluding carboxylic acids is 2. The predicted molar refractivity (Wildman–Crippen MR) is 101 cm³/mol. The van der Waals surface area contributed by atoms with Crippen LogP contribution in [0.2, 0.25) is 5.02 Å². The van der Waals surface area contributed by atoms with Crippen LogP contribution in [0.25, 0.3) is 0 Å². The van der Waals surface area contributed by atoms with Gasteiger partial charge in [0.2, 0.25) is 10.0 Å². The van der Waals surface area contributed by atoms with Gasteiger partial charge in [-0.2, -0.15) is 4.31 Å². The molecule has 1 aliphatic rings. The molecule has 1 heterocycles. The topological polar surface area (TPSA) is 80.8 Å². The quantitative estimate of drug-likeness (QED) is 0.430. The lowest BCUT2D eigenvalue weighted by Crippen LogP contribution is -2.28. The first-order valence-corrected chi connectivity index (χ1v) is 10.2. The first kappa shape index (κ1) is 19.5. The lowest BCUT2D eigenvalue weighted by atomic mass is 10.1. The molecule has 27 heavy (non-hydrogen) atoms. The number of hydrogen-bond acceptors (Lipinski definition) is 5. The van der Waals surface area contributed by atoms with Crippen molar-refractivity contribution in [3.63, 3.8) is 0 Å². The van der Waals surface area contributed by atoms with Crippen LogP contribution in [0, 0.1) is 0 Å². The van der Waals surface area contributed by atoms with Gasteiger partial charge in [0, 0.05) is 18.7 Å². The van der Waals surface area contributed by atoms with E-state index >= 15 is 0 Å². The fraction of sp³-hybridized carbons (Fsp3) is 0.263. The fourth-order valence-electron chi connectivity index (χ4n) is 2.84. The number of ether oxygens (including phenoxy) is 1. The number of carbonyl (C=O) groups is 2. The lowest BCUT2D eigenvalue weighted by molar-refractivity contribution is 0.0733. The van der Waals surface area contributed by atoms with E-state index in [-0.39, 0.29) is 27.0 Å². The summed E-state index contributed by atoms with van der Waals surface area (Å²) >= 11 is 6.08. The molecule has 142 valence electrons. The van der Waals surface area contributed by atoms with Crippen molar-refractivity contribution in [2.24, 2.45) is 0 Å². The second-order valence-corrected chi connectivity index (χ2v) is 8.54. The summed E-state index contributed by atoms with van der Waals surface area (Å²) in [4.78, 5) is 23.8. The zero-order valence-electron chi connectivity index (χ0n) is 14.6. The van der Waals surface area contributed by atoms with E-state index in [4.69, 9.17) is 16.3 Å². The van der Waals surface area contributed by atoms with Crippen molar-refractivity contribution in [1.82, 2.24) is 4.31 Å². The Bertz CT molecular complexity index is 997. The van der Waals surface area contributed by atoms with Crippen LogP contribution in [0.5, 0.6) is 5.75 Å². The van der Waals surface area contributed by atoms with Gasteiger partial charge >= 0.3 is 5.97 Å². The molecule has 3 rings (SSSR count). The highest BCUT2D eigenvalue weighted by atomic mass is 35.5. The van der Waals surface area contributed by atoms with Crippen LogP contribution >= 0.6 is 11.6 Å². The Morgan fingerprint density at radius 2 is 1.74 bits per heavy atom. The number of hydrogen-bond donors (Lipinski definition) is 0. The third kappa shape index (κ3) is 4.21. The molecule has 0 radical (unpaired) electrons. The third-order valence-corrected chi connectivity index (χ3v) is 6.68. The molecule has 0 bridgehead atoms. The Morgan fingerprint density at radius 3 is 2.41 bits per heavy atom. The van der Waals surface area contributed by atoms with Gasteiger partial charge < -0.3 is 4.74 Å². The predicted octanol–water partition coefficient (Wildman–Crippen LogP) is 3.55. The van der Waals surface area contributed by atoms with Crippen LogP contribution in [-0.2, 0) is 10.0 Å². The van der Waals surface area contributed by atoms with E-state index in [1.165, 1.54) is 35.5 Å². The average molecular weight is 408 g/mol. The zero-order chi connectivity index (χ0) is 19.6. The second-order valence-electron chi connectivity index (χ2n) is 6.23. The van der Waals surface area contributed by atoms with E-state index in [1.54, 1.807) is 18.2 Å². The number of esters is 1. The van der Waals surface area contributed by atoms with Crippen molar-refractivity contribution in [2.75, 3.05) is 13.1 Å². The number of rotatable bonds is 5. The van der Waals surface area contributed by atoms with E-state index < -0.39 is 16.0 Å². The molecule has 6 nitrogen and oxygen atoms in total. The number of nitrogens with zero attached hydrogens (tertiary/aromatic N) is 1. The summed E-state index contributed by atoms with van der Waals surface area (Å²) in [6.45, 7) is 2.28. The molecule has 8 heteroatoms. The second kappa shape index (κ2) is 7.80. The summed E-state index contributed by atoms with van der Waals surface area (Å²) in [6, 6.07) is 10.2. The van der Waals surface area contributed by atoms with Crippen LogP contribution in [0.1, 0.15) is 40.5 Å². The molecule has 0 aromatic heterocycles. The molecule has 1 aliphatic heterocycles. The molecule has 0 amide bonds. The Labute approximate surface area is 162 Å². The van der Waals surface area contributed by atoms with Gasteiger partial charge in [-0.1, -0.05) is 23.7 Å². The first-order chi connectivity index (χ1) is 12.8. The van der Waals surface area contributed by atoms with Gasteiger partial charge in [0.1, 0.15) is 10.6 Å². The monoisotopic (exact) mass is 407 g/mol. The van der Waals surface area contributed by atoms with Crippen molar-refractivity contribution >= 4 is 33.4 Å². The normalized spacial score (nSPS) is 14.9. The van der Waals surface area contributed by atoms with Crippen molar-refractivity contribution in [1.29, 1.82) is 0 Å². The third-order valence-electron chi connectivity index (χ3n) is 4.30. The van der Waals surface area contributed by atoms with Gasteiger partial charge in [-0.3, -0.25) is 4.79 Å². The van der Waals surface area contributed by atoms with Crippen molar-refractivity contribution in [3.05, 3.63) is 58.6 Å². The van der Waals surface area contributed by atoms with Crippen molar-refractivity contribution < 1.29 is 22.7 Å². The number of Topliss-reactive ketones (excluding diaryl/α,β-unsaturated/α-hetero) is 1. The summed E-state index contributed by atoms with van der Waals surface area (Å²) in [5.41, 5.74) is 0.471. The summed E-state index contributed by atoms with van der Waals surface area (Å²) in [5, 5.41) is 0.0528. The minimum atomic E-state index is -3.77. The van der Waals surface area contributed by atoms with Crippen LogP contribution < -0.4 is 4.74 Å². The van der Waals surface area contributed by atoms with Gasteiger partial charge in [0.25, 0.3) is 0 Å². The molecular weight excluding hydrogens is 390 g/mol. The first-order valence-electron chi connectivity index (χ1n) is 8.42. The van der Waals surface area contributed by atoms with Gasteiger partial charge in [-0.25, -0.2) is 13.2 Å². The van der Waals surface area contributed by atoms with Gasteiger partial charge in [0.15, 0.2) is 5.78 Å². The van der Waals surface area contributed by atoms with Crippen LogP contribution in [0.3, 0.4) is 0 Å². The van der Waals surface area contributed by atoms with Crippen LogP contribution in [-0.4, -0.2) is 37.6 Å². The molecule has 0 atom stereocenters. The standard InChI is InChI=1S/C19H18ClNO5S/c1-13(22)14-5-4-6-16(11-14)26-19(23)15-7-8-17(20)18(12-15)27(24,25)21-9-2-3-10-21/h4-8,11-12H,2-3,9-10H2,1H3. The molecule has 1 saturated heterocycles. The lowest BCUT2D eigenvalue weighted by Gasteiger charge is -2.17. The summed E-state index contributed by atoms with van der Waals surface area (Å²) in [6.07, 6.45) is 1.59. The summed E-state index contributed by atoms with van der Waals surface area (Å²) in [5.74, 6) is -0.685. The SMILES string of the molecule is CC(=O)c1cccc(OC(=O)c2ccc(Cl)c(S(=O)(=O)N3CCCC3)c2)c1. The molecule has 0 N–H and O–H groups in total. The van der Waals surface area contributed by atoms with E-state index in [0.717, 1.165) is 12.8 Å². The Morgan fingerprint density at radius 1 is 1.04 bits per heavy atom. The zero-order valence-corrected chi connectivity index (χ0v) is 16.2. The molecular formula is C19H18ClNO5S. The van der Waals surface area contributed by atoms with E-state index in [1.807, 2.05) is 0 Å². The van der Waals surface area contributed by atoms with Crippen LogP contribution in [0.4, 0.5) is 0 Å². The smallest absolute Gasteiger partial charge is 0.343 e. The van der Waals surface area contributed by atoms with E-state index in [0.29, 0.717) is 18.7 Å². The molecule has 0 saturated carbocycles. The highest BCUT2D eigenvalue weighted by Gasteiger charge is 2.30. The van der Waals surface area contributed by atoms with Crippen molar-refractivity contribution in [2.45, 2.75) is 24.7 Å². The number of sulfonamides is 1. The molecule has 0 unspecified atom stereocenters. The highest BCUT2D eigenvalue weighted by molar-refractivity contribution is 7.89. The number of benzene rings is 2. The van der Waals surface area contributed by atoms with E-state index in [2.05, 4.69) is 0 Å². The number of ketones is 1. The van der Waals surface area contributed by atoms with Gasteiger partial charge in [-0.05, 0) is 50.1 Å². The highest BCUT2D eigenvalue weighted by Crippen LogP contribution is 2.28. The van der Waals surface area contributed by atoms with Gasteiger partial charge in [0.05, 0.1) is 10.6 Å². The Balaban J connectivity index is 1.88. The maximum atomic E-state index is 12.8. The largest absolute Gasteiger partial charge is 0.423 e. The maximum absolute atomic E-state index is 12.8. The molecule has 1 fully saturated rings. The van der Waals surface area contributed by atoms with Crippen molar-refractivity contribution in [3.8, 4) is 5.75 Å². The molecule has 2 aromatic rings. The molecule has 2 aromatic carbocycles. The molecule has 0 aliphatic carbocycles. The maximum Gasteiger partial charge on any atom is 0.343 e. The van der Waals surface area contributed by atoms with E-state index in [9.17, 15) is 18.0 Å². The number of halogens is 1. The van der Waals surface area contributed by atoms with Crippen LogP contribution in [0.15, 0.2) is 47.4 Å². The Hall–Kier alpha value is -2.22. The average Bonchev–Trinajstić information content (AvgIpc) is 3.17. The van der Waals surface area contributed by atoms with Gasteiger partial charge in [-0.15, -0.1) is 0 Å². The minimum Gasteiger partial charge on any atom is -0.423 e. The Kier molecular flexibility index (Phi) is 5.64. The fourth-order valence-corrected chi connectivity index (χ4v) is 4.86. The molecule has 0 spiro atoms.